The number of nitrogens with zero attached hydrogens (tertiary/aromatic N) is 4. The Kier molecular flexibility index (Phi) is 5.06. The van der Waals surface area contributed by atoms with Crippen LogP contribution in [-0.4, -0.2) is 19.7 Å². The summed E-state index contributed by atoms with van der Waals surface area (Å²) in [6.45, 7) is 0. The number of rotatable bonds is 4. The molecule has 2 aromatic carbocycles. The van der Waals surface area contributed by atoms with Crippen LogP contribution in [0.4, 0.5) is 24.8 Å². The van der Waals surface area contributed by atoms with E-state index in [1.54, 1.807) is 18.3 Å². The summed E-state index contributed by atoms with van der Waals surface area (Å²) in [5.41, 5.74) is 0.897. The second-order valence-electron chi connectivity index (χ2n) is 6.06. The minimum atomic E-state index is -4.44. The van der Waals surface area contributed by atoms with Crippen LogP contribution in [-0.2, 0) is 6.18 Å². The second kappa shape index (κ2) is 7.67. The average molecular weight is 460 g/mol. The summed E-state index contributed by atoms with van der Waals surface area (Å²) in [6, 6.07) is 16.1. The van der Waals surface area contributed by atoms with Crippen molar-refractivity contribution < 1.29 is 13.2 Å². The molecular formula is C20H13BrF3N5. The van der Waals surface area contributed by atoms with Crippen LogP contribution in [0.25, 0.3) is 17.1 Å². The lowest BCUT2D eigenvalue weighted by atomic mass is 10.1. The van der Waals surface area contributed by atoms with E-state index in [0.717, 1.165) is 17.8 Å². The summed E-state index contributed by atoms with van der Waals surface area (Å²) in [5.74, 6) is 0.756. The number of benzene rings is 2. The fourth-order valence-corrected chi connectivity index (χ4v) is 3.27. The van der Waals surface area contributed by atoms with Crippen LogP contribution in [0.5, 0.6) is 0 Å². The number of alkyl halides is 3. The molecule has 2 aromatic heterocycles. The van der Waals surface area contributed by atoms with Crippen molar-refractivity contribution in [3.63, 3.8) is 0 Å². The molecule has 0 amide bonds. The van der Waals surface area contributed by atoms with Crippen molar-refractivity contribution in [1.82, 2.24) is 19.7 Å². The number of para-hydroxylation sites is 1. The molecule has 0 saturated carbocycles. The van der Waals surface area contributed by atoms with E-state index in [-0.39, 0.29) is 0 Å². The first-order valence-corrected chi connectivity index (χ1v) is 9.28. The molecule has 0 fully saturated rings. The van der Waals surface area contributed by atoms with Crippen molar-refractivity contribution in [3.05, 3.63) is 83.1 Å². The molecule has 0 radical (unpaired) electrons. The van der Waals surface area contributed by atoms with Gasteiger partial charge in [0, 0.05) is 23.5 Å². The fourth-order valence-electron chi connectivity index (χ4n) is 2.78. The summed E-state index contributed by atoms with van der Waals surface area (Å²) < 4.78 is 41.4. The smallest absolute Gasteiger partial charge is 0.324 e. The van der Waals surface area contributed by atoms with Crippen LogP contribution in [0, 0.1) is 0 Å². The van der Waals surface area contributed by atoms with E-state index in [9.17, 15) is 13.2 Å². The van der Waals surface area contributed by atoms with Crippen LogP contribution in [0.2, 0.25) is 0 Å². The van der Waals surface area contributed by atoms with Gasteiger partial charge in [-0.1, -0.05) is 30.3 Å². The second-order valence-corrected chi connectivity index (χ2v) is 6.92. The first-order valence-electron chi connectivity index (χ1n) is 8.48. The molecule has 29 heavy (non-hydrogen) atoms. The summed E-state index contributed by atoms with van der Waals surface area (Å²) in [7, 11) is 0. The number of aromatic nitrogens is 4. The van der Waals surface area contributed by atoms with Crippen LogP contribution >= 0.6 is 15.9 Å². The van der Waals surface area contributed by atoms with E-state index in [1.165, 1.54) is 16.9 Å². The molecule has 2 heterocycles. The monoisotopic (exact) mass is 459 g/mol. The van der Waals surface area contributed by atoms with Gasteiger partial charge < -0.3 is 5.32 Å². The van der Waals surface area contributed by atoms with Gasteiger partial charge >= 0.3 is 6.18 Å². The highest BCUT2D eigenvalue weighted by molar-refractivity contribution is 9.10. The molecular weight excluding hydrogens is 447 g/mol. The Bertz CT molecular complexity index is 1140. The molecule has 0 aliphatic rings. The highest BCUT2D eigenvalue weighted by atomic mass is 79.9. The van der Waals surface area contributed by atoms with Crippen molar-refractivity contribution in [3.8, 4) is 17.1 Å². The van der Waals surface area contributed by atoms with Crippen LogP contribution in [0.1, 0.15) is 5.56 Å². The third-order valence-electron chi connectivity index (χ3n) is 4.08. The zero-order valence-electron chi connectivity index (χ0n) is 14.7. The summed E-state index contributed by atoms with van der Waals surface area (Å²) in [6.07, 6.45) is -1.36. The predicted octanol–water partition coefficient (Wildman–Crippen LogP) is 5.85. The standard InChI is InChI=1S/C20H13BrF3N5/c21-16-12-26-29(18(16)13-5-4-6-14(11-13)20(22,23)24)17-9-10-25-19(28-17)27-15-7-2-1-3-8-15/h1-12H,(H,25,27,28). The topological polar surface area (TPSA) is 55.6 Å². The van der Waals surface area contributed by atoms with Crippen LogP contribution in [0.15, 0.2) is 77.5 Å². The van der Waals surface area contributed by atoms with Gasteiger partial charge in [-0.05, 0) is 40.2 Å². The van der Waals surface area contributed by atoms with Crippen molar-refractivity contribution in [1.29, 1.82) is 0 Å². The molecule has 4 rings (SSSR count). The van der Waals surface area contributed by atoms with Crippen molar-refractivity contribution in [2.75, 3.05) is 5.32 Å². The molecule has 0 aliphatic heterocycles. The molecule has 9 heteroatoms. The Labute approximate surface area is 172 Å². The zero-order valence-corrected chi connectivity index (χ0v) is 16.3. The Morgan fingerprint density at radius 3 is 2.52 bits per heavy atom. The average Bonchev–Trinajstić information content (AvgIpc) is 3.10. The number of hydrogen-bond acceptors (Lipinski definition) is 4. The van der Waals surface area contributed by atoms with Gasteiger partial charge in [0.2, 0.25) is 5.95 Å². The Morgan fingerprint density at radius 1 is 0.966 bits per heavy atom. The van der Waals surface area contributed by atoms with Crippen LogP contribution < -0.4 is 5.32 Å². The first-order chi connectivity index (χ1) is 13.9. The number of nitrogens with one attached hydrogen (secondary N) is 1. The lowest BCUT2D eigenvalue weighted by Gasteiger charge is -2.12. The SMILES string of the molecule is FC(F)(F)c1cccc(-c2c(Br)cnn2-c2ccnc(Nc3ccccc3)n2)c1. The molecule has 4 aromatic rings. The third-order valence-corrected chi connectivity index (χ3v) is 4.66. The summed E-state index contributed by atoms with van der Waals surface area (Å²) in [4.78, 5) is 8.64. The highest BCUT2D eigenvalue weighted by Crippen LogP contribution is 2.35. The van der Waals surface area contributed by atoms with E-state index in [4.69, 9.17) is 0 Å². The summed E-state index contributed by atoms with van der Waals surface area (Å²) >= 11 is 3.37. The zero-order chi connectivity index (χ0) is 20.4. The Balaban J connectivity index is 1.74. The molecule has 0 bridgehead atoms. The van der Waals surface area contributed by atoms with Gasteiger partial charge in [-0.25, -0.2) is 9.67 Å². The largest absolute Gasteiger partial charge is 0.416 e. The lowest BCUT2D eigenvalue weighted by Crippen LogP contribution is -2.07. The quantitative estimate of drug-likeness (QED) is 0.415. The van der Waals surface area contributed by atoms with Gasteiger partial charge in [-0.3, -0.25) is 0 Å². The van der Waals surface area contributed by atoms with Gasteiger partial charge in [0.15, 0.2) is 5.82 Å². The van der Waals surface area contributed by atoms with Gasteiger partial charge in [-0.15, -0.1) is 0 Å². The maximum absolute atomic E-state index is 13.1. The van der Waals surface area contributed by atoms with Crippen molar-refractivity contribution in [2.45, 2.75) is 6.18 Å². The molecule has 5 nitrogen and oxygen atoms in total. The van der Waals surface area contributed by atoms with Crippen molar-refractivity contribution in [2.24, 2.45) is 0 Å². The molecule has 0 spiro atoms. The Morgan fingerprint density at radius 2 is 1.76 bits per heavy atom. The van der Waals surface area contributed by atoms with Crippen molar-refractivity contribution >= 4 is 27.6 Å². The van der Waals surface area contributed by atoms with Gasteiger partial charge in [0.05, 0.1) is 21.9 Å². The molecule has 0 unspecified atom stereocenters. The molecule has 146 valence electrons. The van der Waals surface area contributed by atoms with E-state index in [1.807, 2.05) is 30.3 Å². The number of anilines is 2. The minimum absolute atomic E-state index is 0.343. The maximum atomic E-state index is 13.1. The Hall–Kier alpha value is -3.20. The lowest BCUT2D eigenvalue weighted by molar-refractivity contribution is -0.137. The fraction of sp³-hybridized carbons (Fsp3) is 0.0500. The molecule has 0 atom stereocenters. The predicted molar refractivity (Wildman–Crippen MR) is 107 cm³/mol. The van der Waals surface area contributed by atoms with Crippen LogP contribution in [0.3, 0.4) is 0 Å². The third kappa shape index (κ3) is 4.14. The highest BCUT2D eigenvalue weighted by Gasteiger charge is 2.31. The molecule has 0 saturated heterocycles. The van der Waals surface area contributed by atoms with Gasteiger partial charge in [-0.2, -0.15) is 23.3 Å². The molecule has 0 aliphatic carbocycles. The number of halogens is 4. The van der Waals surface area contributed by atoms with E-state index in [0.29, 0.717) is 27.5 Å². The normalized spacial score (nSPS) is 11.4. The maximum Gasteiger partial charge on any atom is 0.416 e. The first kappa shape index (κ1) is 19.1. The summed E-state index contributed by atoms with van der Waals surface area (Å²) in [5, 5.41) is 7.36. The van der Waals surface area contributed by atoms with E-state index in [2.05, 4.69) is 36.3 Å². The van der Waals surface area contributed by atoms with Gasteiger partial charge in [0.1, 0.15) is 0 Å². The minimum Gasteiger partial charge on any atom is -0.324 e. The van der Waals surface area contributed by atoms with E-state index >= 15 is 0 Å². The molecule has 1 N–H and O–H groups in total. The number of hydrogen-bond donors (Lipinski definition) is 1. The van der Waals surface area contributed by atoms with E-state index < -0.39 is 11.7 Å². The van der Waals surface area contributed by atoms with Gasteiger partial charge in [0.25, 0.3) is 0 Å².